The minimum Gasteiger partial charge on any atom is -0.356 e. The van der Waals surface area contributed by atoms with Crippen molar-refractivity contribution >= 4 is 45.0 Å². The van der Waals surface area contributed by atoms with Gasteiger partial charge in [0.15, 0.2) is 0 Å². The molecule has 0 saturated heterocycles. The van der Waals surface area contributed by atoms with Crippen LogP contribution < -0.4 is 10.6 Å². The fraction of sp³-hybridized carbons (Fsp3) is 0.500. The Kier molecular flexibility index (Phi) is 4.26. The van der Waals surface area contributed by atoms with Crippen LogP contribution in [-0.2, 0) is 17.6 Å². The molecule has 0 atom stereocenters. The highest BCUT2D eigenvalue weighted by Gasteiger charge is 2.21. The molecule has 0 aliphatic heterocycles. The standard InChI is InChI=1S/C14H17ClN4OS/c1-8(20)16-6-3-7-17-14-18-12(15)11-9-4-2-5-10(9)21-13(11)19-14/h2-7H2,1H3,(H,16,20)(H,17,18,19). The van der Waals surface area contributed by atoms with E-state index in [-0.39, 0.29) is 5.91 Å². The van der Waals surface area contributed by atoms with Crippen molar-refractivity contribution < 1.29 is 4.79 Å². The molecule has 1 aliphatic rings. The van der Waals surface area contributed by atoms with Gasteiger partial charge < -0.3 is 10.6 Å². The highest BCUT2D eigenvalue weighted by Crippen LogP contribution is 2.39. The molecule has 0 saturated carbocycles. The van der Waals surface area contributed by atoms with Gasteiger partial charge in [0.05, 0.1) is 5.39 Å². The van der Waals surface area contributed by atoms with E-state index in [1.165, 1.54) is 23.8 Å². The second-order valence-electron chi connectivity index (χ2n) is 5.14. The van der Waals surface area contributed by atoms with E-state index >= 15 is 0 Å². The minimum atomic E-state index is -0.0104. The normalized spacial score (nSPS) is 13.4. The maximum absolute atomic E-state index is 10.8. The van der Waals surface area contributed by atoms with Crippen LogP contribution in [0, 0.1) is 0 Å². The molecule has 1 amide bonds. The number of thiophene rings is 1. The van der Waals surface area contributed by atoms with Gasteiger partial charge in [0, 0.05) is 24.9 Å². The minimum absolute atomic E-state index is 0.0104. The van der Waals surface area contributed by atoms with E-state index in [0.29, 0.717) is 24.2 Å². The Bertz CT molecular complexity index is 685. The lowest BCUT2D eigenvalue weighted by Gasteiger charge is -2.06. The fourth-order valence-electron chi connectivity index (χ4n) is 2.58. The topological polar surface area (TPSA) is 66.9 Å². The summed E-state index contributed by atoms with van der Waals surface area (Å²) in [6.45, 7) is 2.86. The lowest BCUT2D eigenvalue weighted by Crippen LogP contribution is -2.22. The van der Waals surface area contributed by atoms with Gasteiger partial charge in [-0.2, -0.15) is 0 Å². The molecule has 2 N–H and O–H groups in total. The van der Waals surface area contributed by atoms with Crippen LogP contribution in [0.1, 0.15) is 30.2 Å². The highest BCUT2D eigenvalue weighted by atomic mass is 35.5. The molecule has 112 valence electrons. The molecule has 21 heavy (non-hydrogen) atoms. The van der Waals surface area contributed by atoms with Crippen LogP contribution in [0.5, 0.6) is 0 Å². The van der Waals surface area contributed by atoms with Crippen LogP contribution in [0.25, 0.3) is 10.2 Å². The molecule has 2 heterocycles. The number of anilines is 1. The third-order valence-corrected chi connectivity index (χ3v) is 4.99. The Morgan fingerprint density at radius 3 is 3.00 bits per heavy atom. The van der Waals surface area contributed by atoms with Crippen molar-refractivity contribution in [3.05, 3.63) is 15.6 Å². The first kappa shape index (κ1) is 14.5. The van der Waals surface area contributed by atoms with Crippen molar-refractivity contribution in [1.82, 2.24) is 15.3 Å². The van der Waals surface area contributed by atoms with Gasteiger partial charge in [0.2, 0.25) is 11.9 Å². The number of hydrogen-bond donors (Lipinski definition) is 2. The number of nitrogens with one attached hydrogen (secondary N) is 2. The molecule has 3 rings (SSSR count). The molecule has 0 radical (unpaired) electrons. The van der Waals surface area contributed by atoms with E-state index in [4.69, 9.17) is 11.6 Å². The molecule has 2 aromatic rings. The largest absolute Gasteiger partial charge is 0.356 e. The summed E-state index contributed by atoms with van der Waals surface area (Å²) in [5.74, 6) is 0.555. The fourth-order valence-corrected chi connectivity index (χ4v) is 4.18. The van der Waals surface area contributed by atoms with E-state index in [1.54, 1.807) is 11.3 Å². The van der Waals surface area contributed by atoms with Gasteiger partial charge in [0.25, 0.3) is 0 Å². The Morgan fingerprint density at radius 2 is 2.19 bits per heavy atom. The zero-order chi connectivity index (χ0) is 14.8. The lowest BCUT2D eigenvalue weighted by molar-refractivity contribution is -0.118. The zero-order valence-electron chi connectivity index (χ0n) is 11.8. The number of aromatic nitrogens is 2. The monoisotopic (exact) mass is 324 g/mol. The van der Waals surface area contributed by atoms with Gasteiger partial charge in [-0.15, -0.1) is 11.3 Å². The molecule has 0 unspecified atom stereocenters. The quantitative estimate of drug-likeness (QED) is 0.655. The van der Waals surface area contributed by atoms with Gasteiger partial charge in [-0.3, -0.25) is 4.79 Å². The van der Waals surface area contributed by atoms with E-state index in [0.717, 1.165) is 29.5 Å². The number of fused-ring (bicyclic) bond motifs is 3. The summed E-state index contributed by atoms with van der Waals surface area (Å²) in [6.07, 6.45) is 4.24. The molecule has 0 bridgehead atoms. The zero-order valence-corrected chi connectivity index (χ0v) is 13.4. The van der Waals surface area contributed by atoms with Gasteiger partial charge >= 0.3 is 0 Å². The van der Waals surface area contributed by atoms with E-state index < -0.39 is 0 Å². The number of carbonyl (C=O) groups is 1. The molecule has 1 aliphatic carbocycles. The molecule has 7 heteroatoms. The number of rotatable bonds is 5. The first-order valence-corrected chi connectivity index (χ1v) is 8.30. The van der Waals surface area contributed by atoms with Crippen molar-refractivity contribution in [2.75, 3.05) is 18.4 Å². The van der Waals surface area contributed by atoms with Crippen molar-refractivity contribution in [2.45, 2.75) is 32.6 Å². The van der Waals surface area contributed by atoms with E-state index in [1.807, 2.05) is 0 Å². The molecule has 0 fully saturated rings. The van der Waals surface area contributed by atoms with Crippen LogP contribution in [0.3, 0.4) is 0 Å². The van der Waals surface area contributed by atoms with Crippen LogP contribution in [0.15, 0.2) is 0 Å². The SMILES string of the molecule is CC(=O)NCCCNc1nc(Cl)c2c3c(sc2n1)CCC3. The van der Waals surface area contributed by atoms with Crippen molar-refractivity contribution in [3.8, 4) is 0 Å². The first-order valence-electron chi connectivity index (χ1n) is 7.11. The molecule has 2 aromatic heterocycles. The second kappa shape index (κ2) is 6.15. The van der Waals surface area contributed by atoms with Gasteiger partial charge in [-0.05, 0) is 31.2 Å². The van der Waals surface area contributed by atoms with E-state index in [2.05, 4.69) is 20.6 Å². The van der Waals surface area contributed by atoms with Crippen molar-refractivity contribution in [3.63, 3.8) is 0 Å². The van der Waals surface area contributed by atoms with Crippen LogP contribution in [0.4, 0.5) is 5.95 Å². The molecular weight excluding hydrogens is 308 g/mol. The third-order valence-electron chi connectivity index (χ3n) is 3.53. The van der Waals surface area contributed by atoms with E-state index in [9.17, 15) is 4.79 Å². The predicted molar refractivity (Wildman–Crippen MR) is 86.2 cm³/mol. The number of hydrogen-bond acceptors (Lipinski definition) is 5. The summed E-state index contributed by atoms with van der Waals surface area (Å²) in [6, 6.07) is 0. The predicted octanol–water partition coefficient (Wildman–Crippen LogP) is 2.77. The van der Waals surface area contributed by atoms with Crippen LogP contribution >= 0.6 is 22.9 Å². The molecule has 0 aromatic carbocycles. The number of carbonyl (C=O) groups excluding carboxylic acids is 1. The Morgan fingerprint density at radius 1 is 1.33 bits per heavy atom. The third kappa shape index (κ3) is 3.11. The average Bonchev–Trinajstić information content (AvgIpc) is 2.97. The van der Waals surface area contributed by atoms with Crippen LogP contribution in [0.2, 0.25) is 5.15 Å². The van der Waals surface area contributed by atoms with Crippen molar-refractivity contribution in [2.24, 2.45) is 0 Å². The van der Waals surface area contributed by atoms with Crippen molar-refractivity contribution in [1.29, 1.82) is 0 Å². The maximum Gasteiger partial charge on any atom is 0.225 e. The highest BCUT2D eigenvalue weighted by molar-refractivity contribution is 7.19. The lowest BCUT2D eigenvalue weighted by atomic mass is 10.2. The average molecular weight is 325 g/mol. The summed E-state index contributed by atoms with van der Waals surface area (Å²) in [5.41, 5.74) is 1.34. The van der Waals surface area contributed by atoms with Gasteiger partial charge in [-0.1, -0.05) is 11.6 Å². The first-order chi connectivity index (χ1) is 10.1. The van der Waals surface area contributed by atoms with Gasteiger partial charge in [0.1, 0.15) is 9.98 Å². The Labute approximate surface area is 132 Å². The summed E-state index contributed by atoms with van der Waals surface area (Å²) >= 11 is 8.06. The summed E-state index contributed by atoms with van der Waals surface area (Å²) in [7, 11) is 0. The molecular formula is C14H17ClN4OS. The summed E-state index contributed by atoms with van der Waals surface area (Å²) in [4.78, 5) is 22.0. The van der Waals surface area contributed by atoms with Gasteiger partial charge in [-0.25, -0.2) is 9.97 Å². The summed E-state index contributed by atoms with van der Waals surface area (Å²) in [5, 5.41) is 7.50. The molecule has 5 nitrogen and oxygen atoms in total. The Balaban J connectivity index is 1.68. The number of nitrogens with zero attached hydrogens (tertiary/aromatic N) is 2. The molecule has 0 spiro atoms. The number of amides is 1. The number of aryl methyl sites for hydroxylation is 2. The summed E-state index contributed by atoms with van der Waals surface area (Å²) < 4.78 is 0. The Hall–Kier alpha value is -1.40. The smallest absolute Gasteiger partial charge is 0.225 e. The number of halogens is 1. The maximum atomic E-state index is 10.8. The second-order valence-corrected chi connectivity index (χ2v) is 6.58. The van der Waals surface area contributed by atoms with Crippen LogP contribution in [-0.4, -0.2) is 29.0 Å².